The number of halogens is 1. The smallest absolute Gasteiger partial charge is 0.133 e. The summed E-state index contributed by atoms with van der Waals surface area (Å²) in [7, 11) is 3.37. The number of rotatable bonds is 6. The fourth-order valence-electron chi connectivity index (χ4n) is 1.90. The molecule has 0 spiro atoms. The number of nitrogens with one attached hydrogen (secondary N) is 1. The van der Waals surface area contributed by atoms with E-state index in [0.29, 0.717) is 6.61 Å². The lowest BCUT2D eigenvalue weighted by molar-refractivity contribution is 0.185. The Kier molecular flexibility index (Phi) is 5.44. The predicted molar refractivity (Wildman–Crippen MR) is 85.2 cm³/mol. The van der Waals surface area contributed by atoms with Gasteiger partial charge < -0.3 is 14.8 Å². The first-order valence-electron chi connectivity index (χ1n) is 6.37. The van der Waals surface area contributed by atoms with Crippen LogP contribution in [0.5, 0.6) is 5.75 Å². The Labute approximate surface area is 128 Å². The van der Waals surface area contributed by atoms with Gasteiger partial charge in [-0.1, -0.05) is 24.3 Å². The van der Waals surface area contributed by atoms with E-state index < -0.39 is 0 Å². The van der Waals surface area contributed by atoms with E-state index in [-0.39, 0.29) is 0 Å². The van der Waals surface area contributed by atoms with Crippen molar-refractivity contribution in [3.63, 3.8) is 0 Å². The second kappa shape index (κ2) is 7.31. The summed E-state index contributed by atoms with van der Waals surface area (Å²) in [5.41, 5.74) is 3.47. The third kappa shape index (κ3) is 3.99. The van der Waals surface area contributed by atoms with Crippen LogP contribution in [0.25, 0.3) is 0 Å². The molecule has 20 heavy (non-hydrogen) atoms. The second-order valence-corrected chi connectivity index (χ2v) is 5.31. The molecule has 0 aliphatic carbocycles. The van der Waals surface area contributed by atoms with Gasteiger partial charge in [0.05, 0.1) is 18.2 Å². The van der Waals surface area contributed by atoms with Gasteiger partial charge in [0.15, 0.2) is 0 Å². The molecule has 1 N–H and O–H groups in total. The first-order valence-corrected chi connectivity index (χ1v) is 7.16. The average Bonchev–Trinajstić information content (AvgIpc) is 2.47. The molecule has 0 heterocycles. The molecule has 0 aromatic heterocycles. The van der Waals surface area contributed by atoms with Crippen molar-refractivity contribution in [1.82, 2.24) is 0 Å². The molecule has 0 amide bonds. The van der Waals surface area contributed by atoms with E-state index in [2.05, 4.69) is 45.5 Å². The van der Waals surface area contributed by atoms with Crippen molar-refractivity contribution < 1.29 is 9.47 Å². The van der Waals surface area contributed by atoms with Gasteiger partial charge in [-0.15, -0.1) is 0 Å². The topological polar surface area (TPSA) is 30.5 Å². The summed E-state index contributed by atoms with van der Waals surface area (Å²) < 4.78 is 11.3. The standard InChI is InChI=1S/C16H18BrNO2/c1-19-11-13-5-3-12(4-6-13)10-18-14-7-8-16(20-2)15(17)9-14/h3-9,18H,10-11H2,1-2H3. The van der Waals surface area contributed by atoms with Gasteiger partial charge in [0, 0.05) is 19.3 Å². The Balaban J connectivity index is 1.96. The van der Waals surface area contributed by atoms with Gasteiger partial charge in [-0.05, 0) is 45.3 Å². The maximum Gasteiger partial charge on any atom is 0.133 e. The van der Waals surface area contributed by atoms with E-state index in [4.69, 9.17) is 9.47 Å². The Bertz CT molecular complexity index is 555. The molecule has 0 bridgehead atoms. The third-order valence-corrected chi connectivity index (χ3v) is 3.60. The Hall–Kier alpha value is -1.52. The second-order valence-electron chi connectivity index (χ2n) is 4.45. The minimum atomic E-state index is 0.652. The fraction of sp³-hybridized carbons (Fsp3) is 0.250. The summed E-state index contributed by atoms with van der Waals surface area (Å²) in [6.45, 7) is 1.44. The third-order valence-electron chi connectivity index (χ3n) is 2.98. The average molecular weight is 336 g/mol. The van der Waals surface area contributed by atoms with Crippen LogP contribution in [0.4, 0.5) is 5.69 Å². The molecule has 0 aliphatic heterocycles. The molecule has 0 fully saturated rings. The Morgan fingerprint density at radius 2 is 1.70 bits per heavy atom. The number of methoxy groups -OCH3 is 2. The molecule has 2 rings (SSSR count). The fourth-order valence-corrected chi connectivity index (χ4v) is 2.44. The largest absolute Gasteiger partial charge is 0.496 e. The van der Waals surface area contributed by atoms with Gasteiger partial charge in [0.1, 0.15) is 5.75 Å². The van der Waals surface area contributed by atoms with Crippen molar-refractivity contribution in [2.75, 3.05) is 19.5 Å². The molecule has 0 atom stereocenters. The van der Waals surface area contributed by atoms with E-state index in [0.717, 1.165) is 22.5 Å². The first-order chi connectivity index (χ1) is 9.72. The van der Waals surface area contributed by atoms with Crippen molar-refractivity contribution >= 4 is 21.6 Å². The molecule has 4 heteroatoms. The molecule has 2 aromatic carbocycles. The molecule has 0 saturated heterocycles. The summed E-state index contributed by atoms with van der Waals surface area (Å²) in [6, 6.07) is 14.4. The first kappa shape index (κ1) is 14.9. The van der Waals surface area contributed by atoms with Crippen LogP contribution < -0.4 is 10.1 Å². The van der Waals surface area contributed by atoms with Crippen LogP contribution in [0.2, 0.25) is 0 Å². The minimum Gasteiger partial charge on any atom is -0.496 e. The summed E-state index contributed by atoms with van der Waals surface area (Å²) in [5, 5.41) is 3.39. The number of hydrogen-bond acceptors (Lipinski definition) is 3. The summed E-state index contributed by atoms with van der Waals surface area (Å²) in [4.78, 5) is 0. The molecule has 0 saturated carbocycles. The van der Waals surface area contributed by atoms with Gasteiger partial charge in [-0.25, -0.2) is 0 Å². The molecule has 0 unspecified atom stereocenters. The Morgan fingerprint density at radius 3 is 2.30 bits per heavy atom. The monoisotopic (exact) mass is 335 g/mol. The van der Waals surface area contributed by atoms with E-state index in [1.165, 1.54) is 11.1 Å². The van der Waals surface area contributed by atoms with Crippen LogP contribution in [0, 0.1) is 0 Å². The van der Waals surface area contributed by atoms with Crippen molar-refractivity contribution in [2.24, 2.45) is 0 Å². The highest BCUT2D eigenvalue weighted by atomic mass is 79.9. The highest BCUT2D eigenvalue weighted by Crippen LogP contribution is 2.27. The molecule has 0 aliphatic rings. The van der Waals surface area contributed by atoms with Crippen molar-refractivity contribution in [3.8, 4) is 5.75 Å². The normalized spacial score (nSPS) is 10.3. The van der Waals surface area contributed by atoms with E-state index in [9.17, 15) is 0 Å². The molecule has 3 nitrogen and oxygen atoms in total. The molecular formula is C16H18BrNO2. The lowest BCUT2D eigenvalue weighted by Crippen LogP contribution is -2.00. The number of benzene rings is 2. The van der Waals surface area contributed by atoms with Gasteiger partial charge in [-0.3, -0.25) is 0 Å². The van der Waals surface area contributed by atoms with Gasteiger partial charge in [0.25, 0.3) is 0 Å². The zero-order chi connectivity index (χ0) is 14.4. The number of hydrogen-bond donors (Lipinski definition) is 1. The van der Waals surface area contributed by atoms with Crippen LogP contribution in [-0.2, 0) is 17.9 Å². The van der Waals surface area contributed by atoms with Crippen LogP contribution in [0.1, 0.15) is 11.1 Å². The van der Waals surface area contributed by atoms with Crippen molar-refractivity contribution in [1.29, 1.82) is 0 Å². The maximum absolute atomic E-state index is 5.21. The highest BCUT2D eigenvalue weighted by Gasteiger charge is 2.01. The molecule has 0 radical (unpaired) electrons. The van der Waals surface area contributed by atoms with Crippen molar-refractivity contribution in [2.45, 2.75) is 13.2 Å². The quantitative estimate of drug-likeness (QED) is 0.857. The lowest BCUT2D eigenvalue weighted by atomic mass is 10.1. The zero-order valence-corrected chi connectivity index (χ0v) is 13.2. The van der Waals surface area contributed by atoms with Crippen molar-refractivity contribution in [3.05, 3.63) is 58.1 Å². The van der Waals surface area contributed by atoms with Crippen LogP contribution >= 0.6 is 15.9 Å². The lowest BCUT2D eigenvalue weighted by Gasteiger charge is -2.09. The predicted octanol–water partition coefficient (Wildman–Crippen LogP) is 4.22. The maximum atomic E-state index is 5.21. The number of ether oxygens (including phenoxy) is 2. The zero-order valence-electron chi connectivity index (χ0n) is 11.7. The summed E-state index contributed by atoms with van der Waals surface area (Å²) in [6.07, 6.45) is 0. The Morgan fingerprint density at radius 1 is 1.00 bits per heavy atom. The summed E-state index contributed by atoms with van der Waals surface area (Å²) >= 11 is 3.48. The van der Waals surface area contributed by atoms with Crippen LogP contribution in [-0.4, -0.2) is 14.2 Å². The van der Waals surface area contributed by atoms with E-state index >= 15 is 0 Å². The van der Waals surface area contributed by atoms with Gasteiger partial charge in [-0.2, -0.15) is 0 Å². The highest BCUT2D eigenvalue weighted by molar-refractivity contribution is 9.10. The van der Waals surface area contributed by atoms with Crippen LogP contribution in [0.3, 0.4) is 0 Å². The van der Waals surface area contributed by atoms with E-state index in [1.54, 1.807) is 14.2 Å². The van der Waals surface area contributed by atoms with Gasteiger partial charge in [0.2, 0.25) is 0 Å². The van der Waals surface area contributed by atoms with Crippen LogP contribution in [0.15, 0.2) is 46.9 Å². The minimum absolute atomic E-state index is 0.652. The van der Waals surface area contributed by atoms with Gasteiger partial charge >= 0.3 is 0 Å². The summed E-state index contributed by atoms with van der Waals surface area (Å²) in [5.74, 6) is 0.833. The SMILES string of the molecule is COCc1ccc(CNc2ccc(OC)c(Br)c2)cc1. The van der Waals surface area contributed by atoms with E-state index in [1.807, 2.05) is 18.2 Å². The molecule has 106 valence electrons. The number of anilines is 1. The molecular weight excluding hydrogens is 318 g/mol. The molecule has 2 aromatic rings.